The van der Waals surface area contributed by atoms with Gasteiger partial charge in [0.25, 0.3) is 5.69 Å². The zero-order chi connectivity index (χ0) is 19.6. The number of carbonyl (C=O) groups excluding carboxylic acids is 2. The molecular weight excluding hydrogens is 370 g/mol. The maximum Gasteiger partial charge on any atom is 0.341 e. The number of nitro benzene ring substituents is 1. The van der Waals surface area contributed by atoms with Crippen molar-refractivity contribution in [1.82, 2.24) is 0 Å². The lowest BCUT2D eigenvalue weighted by atomic mass is 10.1. The highest BCUT2D eigenvalue weighted by Gasteiger charge is 2.28. The largest absolute Gasteiger partial charge is 0.465 e. The number of rotatable bonds is 6. The Kier molecular flexibility index (Phi) is 5.41. The van der Waals surface area contributed by atoms with E-state index in [2.05, 4.69) is 10.6 Å². The number of amides is 1. The number of ether oxygens (including phenoxy) is 1. The van der Waals surface area contributed by atoms with E-state index in [1.54, 1.807) is 19.1 Å². The molecule has 0 bridgehead atoms. The summed E-state index contributed by atoms with van der Waals surface area (Å²) in [4.78, 5) is 36.1. The third kappa shape index (κ3) is 3.77. The van der Waals surface area contributed by atoms with Gasteiger partial charge in [0.2, 0.25) is 5.91 Å². The number of nitrogens with zero attached hydrogens (tertiary/aromatic N) is 1. The molecule has 2 N–H and O–H groups in total. The van der Waals surface area contributed by atoms with Gasteiger partial charge in [0.15, 0.2) is 0 Å². The van der Waals surface area contributed by atoms with Crippen LogP contribution >= 0.6 is 11.3 Å². The lowest BCUT2D eigenvalue weighted by molar-refractivity contribution is -0.385. The summed E-state index contributed by atoms with van der Waals surface area (Å²) in [5.74, 6) is -0.793. The first-order chi connectivity index (χ1) is 12.9. The Bertz CT molecular complexity index is 922. The molecule has 142 valence electrons. The van der Waals surface area contributed by atoms with E-state index in [0.717, 1.165) is 29.7 Å². The Labute approximate surface area is 159 Å². The topological polar surface area (TPSA) is 111 Å². The Balaban J connectivity index is 1.72. The van der Waals surface area contributed by atoms with Gasteiger partial charge in [-0.15, -0.1) is 11.3 Å². The molecule has 0 aliphatic heterocycles. The van der Waals surface area contributed by atoms with Crippen LogP contribution in [0.25, 0.3) is 0 Å². The van der Waals surface area contributed by atoms with Crippen molar-refractivity contribution in [3.05, 3.63) is 49.9 Å². The van der Waals surface area contributed by atoms with Gasteiger partial charge in [0, 0.05) is 22.2 Å². The Morgan fingerprint density at radius 2 is 2.11 bits per heavy atom. The van der Waals surface area contributed by atoms with Crippen LogP contribution in [-0.2, 0) is 22.4 Å². The van der Waals surface area contributed by atoms with Crippen LogP contribution in [0.4, 0.5) is 16.4 Å². The van der Waals surface area contributed by atoms with Crippen molar-refractivity contribution >= 4 is 39.6 Å². The second kappa shape index (κ2) is 7.75. The van der Waals surface area contributed by atoms with Crippen LogP contribution in [0.1, 0.15) is 32.8 Å². The average molecular weight is 389 g/mol. The lowest BCUT2D eigenvalue weighted by Crippen LogP contribution is -2.23. The number of aryl methyl sites for hydroxylation is 1. The maximum atomic E-state index is 12.4. The van der Waals surface area contributed by atoms with E-state index in [4.69, 9.17) is 4.74 Å². The third-order valence-corrected chi connectivity index (χ3v) is 5.71. The summed E-state index contributed by atoms with van der Waals surface area (Å²) in [6, 6.07) is 4.65. The number of hydrogen-bond acceptors (Lipinski definition) is 7. The maximum absolute atomic E-state index is 12.4. The lowest BCUT2D eigenvalue weighted by Gasteiger charge is -2.10. The smallest absolute Gasteiger partial charge is 0.341 e. The van der Waals surface area contributed by atoms with Crippen molar-refractivity contribution in [2.75, 3.05) is 24.3 Å². The number of methoxy groups -OCH3 is 1. The zero-order valence-electron chi connectivity index (χ0n) is 15.0. The Hall–Kier alpha value is -2.94. The number of nitro groups is 1. The van der Waals surface area contributed by atoms with Gasteiger partial charge in [0.05, 0.1) is 24.1 Å². The summed E-state index contributed by atoms with van der Waals surface area (Å²) in [7, 11) is 1.32. The average Bonchev–Trinajstić information content (AvgIpc) is 3.20. The molecule has 0 fully saturated rings. The van der Waals surface area contributed by atoms with Crippen molar-refractivity contribution in [3.63, 3.8) is 0 Å². The van der Waals surface area contributed by atoms with Crippen molar-refractivity contribution in [2.24, 2.45) is 0 Å². The Morgan fingerprint density at radius 1 is 1.33 bits per heavy atom. The number of hydrogen-bond donors (Lipinski definition) is 2. The highest BCUT2D eigenvalue weighted by molar-refractivity contribution is 7.17. The van der Waals surface area contributed by atoms with E-state index in [1.165, 1.54) is 24.5 Å². The molecule has 1 amide bonds. The fourth-order valence-corrected chi connectivity index (χ4v) is 4.46. The fourth-order valence-electron chi connectivity index (χ4n) is 3.17. The SMILES string of the molecule is COC(=O)c1c(NC(=O)CNc2cccc([N+](=O)[O-])c2C)sc2c1CCC2. The summed E-state index contributed by atoms with van der Waals surface area (Å²) >= 11 is 1.40. The molecule has 0 radical (unpaired) electrons. The van der Waals surface area contributed by atoms with Crippen LogP contribution in [0.5, 0.6) is 0 Å². The summed E-state index contributed by atoms with van der Waals surface area (Å²) in [5.41, 5.74) is 2.37. The van der Waals surface area contributed by atoms with Crippen molar-refractivity contribution < 1.29 is 19.2 Å². The van der Waals surface area contributed by atoms with Crippen LogP contribution in [0.3, 0.4) is 0 Å². The van der Waals surface area contributed by atoms with Gasteiger partial charge in [-0.05, 0) is 37.8 Å². The summed E-state index contributed by atoms with van der Waals surface area (Å²) in [6.07, 6.45) is 2.69. The highest BCUT2D eigenvalue weighted by Crippen LogP contribution is 2.39. The van der Waals surface area contributed by atoms with E-state index in [-0.39, 0.29) is 18.1 Å². The van der Waals surface area contributed by atoms with Gasteiger partial charge < -0.3 is 15.4 Å². The number of anilines is 2. The van der Waals surface area contributed by atoms with Crippen molar-refractivity contribution in [2.45, 2.75) is 26.2 Å². The van der Waals surface area contributed by atoms with Crippen LogP contribution in [0, 0.1) is 17.0 Å². The predicted octanol–water partition coefficient (Wildman–Crippen LogP) is 3.29. The molecule has 1 aromatic carbocycles. The standard InChI is InChI=1S/C18H19N3O5S/c1-10-12(6-4-7-13(10)21(24)25)19-9-15(22)20-17-16(18(23)26-2)11-5-3-8-14(11)27-17/h4,6-7,19H,3,5,8-9H2,1-2H3,(H,20,22). The van der Waals surface area contributed by atoms with E-state index < -0.39 is 10.9 Å². The van der Waals surface area contributed by atoms with Gasteiger partial charge in [0.1, 0.15) is 5.00 Å². The molecule has 27 heavy (non-hydrogen) atoms. The van der Waals surface area contributed by atoms with Crippen molar-refractivity contribution in [3.8, 4) is 0 Å². The van der Waals surface area contributed by atoms with Crippen LogP contribution < -0.4 is 10.6 Å². The summed E-state index contributed by atoms with van der Waals surface area (Å²) in [5, 5.41) is 17.2. The molecule has 3 rings (SSSR count). The van der Waals surface area contributed by atoms with Gasteiger partial charge in [-0.1, -0.05) is 6.07 Å². The normalized spacial score (nSPS) is 12.4. The quantitative estimate of drug-likeness (QED) is 0.446. The molecule has 0 atom stereocenters. The molecule has 0 saturated carbocycles. The summed E-state index contributed by atoms with van der Waals surface area (Å²) < 4.78 is 4.86. The van der Waals surface area contributed by atoms with Gasteiger partial charge in [-0.3, -0.25) is 14.9 Å². The third-order valence-electron chi connectivity index (χ3n) is 4.51. The number of benzene rings is 1. The number of carbonyl (C=O) groups is 2. The minimum Gasteiger partial charge on any atom is -0.465 e. The molecule has 1 aliphatic carbocycles. The molecule has 1 aromatic heterocycles. The molecule has 0 unspecified atom stereocenters. The number of thiophene rings is 1. The molecule has 0 saturated heterocycles. The Morgan fingerprint density at radius 3 is 2.81 bits per heavy atom. The molecule has 0 spiro atoms. The van der Waals surface area contributed by atoms with E-state index in [9.17, 15) is 19.7 Å². The molecule has 1 aliphatic rings. The molecule has 8 nitrogen and oxygen atoms in total. The number of fused-ring (bicyclic) bond motifs is 1. The minimum absolute atomic E-state index is 0.0110. The first-order valence-electron chi connectivity index (χ1n) is 8.43. The van der Waals surface area contributed by atoms with Gasteiger partial charge in [-0.2, -0.15) is 0 Å². The zero-order valence-corrected chi connectivity index (χ0v) is 15.8. The summed E-state index contributed by atoms with van der Waals surface area (Å²) in [6.45, 7) is 1.54. The predicted molar refractivity (Wildman–Crippen MR) is 103 cm³/mol. The number of nitrogens with one attached hydrogen (secondary N) is 2. The van der Waals surface area contributed by atoms with Gasteiger partial charge >= 0.3 is 5.97 Å². The van der Waals surface area contributed by atoms with Crippen LogP contribution in [-0.4, -0.2) is 30.5 Å². The van der Waals surface area contributed by atoms with E-state index in [0.29, 0.717) is 21.8 Å². The highest BCUT2D eigenvalue weighted by atomic mass is 32.1. The van der Waals surface area contributed by atoms with Gasteiger partial charge in [-0.25, -0.2) is 4.79 Å². The fraction of sp³-hybridized carbons (Fsp3) is 0.333. The first kappa shape index (κ1) is 18.8. The second-order valence-corrected chi connectivity index (χ2v) is 7.27. The first-order valence-corrected chi connectivity index (χ1v) is 9.24. The molecule has 2 aromatic rings. The minimum atomic E-state index is -0.462. The molecular formula is C18H19N3O5S. The van der Waals surface area contributed by atoms with E-state index >= 15 is 0 Å². The molecule has 9 heteroatoms. The number of esters is 1. The van der Waals surface area contributed by atoms with Crippen LogP contribution in [0.2, 0.25) is 0 Å². The van der Waals surface area contributed by atoms with E-state index in [1.807, 2.05) is 0 Å². The monoisotopic (exact) mass is 389 g/mol. The van der Waals surface area contributed by atoms with Crippen molar-refractivity contribution in [1.29, 1.82) is 0 Å². The molecule has 1 heterocycles. The van der Waals surface area contributed by atoms with Crippen LogP contribution in [0.15, 0.2) is 18.2 Å². The second-order valence-electron chi connectivity index (χ2n) is 6.16.